The molecule has 0 aliphatic heterocycles. The van der Waals surface area contributed by atoms with E-state index in [9.17, 15) is 0 Å². The van der Waals surface area contributed by atoms with Crippen molar-refractivity contribution in [1.82, 2.24) is 0 Å². The van der Waals surface area contributed by atoms with E-state index in [-0.39, 0.29) is 0 Å². The maximum Gasteiger partial charge on any atom is 0.0713 e. The number of fused-ring (bicyclic) bond motifs is 3. The minimum absolute atomic E-state index is 0.486. The summed E-state index contributed by atoms with van der Waals surface area (Å²) in [4.78, 5) is 2.39. The Balaban J connectivity index is 1.14. The molecule has 1 unspecified atom stereocenters. The van der Waals surface area contributed by atoms with Gasteiger partial charge in [-0.3, -0.25) is 0 Å². The monoisotopic (exact) mass is 713 g/mol. The number of anilines is 3. The Morgan fingerprint density at radius 3 is 1.11 bits per heavy atom. The molecule has 0 fully saturated rings. The maximum absolute atomic E-state index is 2.41. The van der Waals surface area contributed by atoms with Gasteiger partial charge in [-0.2, -0.15) is 0 Å². The number of nitrogens with zero attached hydrogens (tertiary/aromatic N) is 1. The van der Waals surface area contributed by atoms with Gasteiger partial charge in [0, 0.05) is 17.1 Å². The van der Waals surface area contributed by atoms with Gasteiger partial charge in [0.25, 0.3) is 0 Å². The van der Waals surface area contributed by atoms with Crippen molar-refractivity contribution in [2.45, 2.75) is 5.41 Å². The average Bonchev–Trinajstić information content (AvgIpc) is 3.59. The summed E-state index contributed by atoms with van der Waals surface area (Å²) in [6.45, 7) is 0. The summed E-state index contributed by atoms with van der Waals surface area (Å²) >= 11 is 0. The molecule has 0 N–H and O–H groups in total. The molecule has 9 aromatic carbocycles. The second-order valence-corrected chi connectivity index (χ2v) is 14.5. The van der Waals surface area contributed by atoms with Gasteiger partial charge in [-0.1, -0.05) is 200 Å². The van der Waals surface area contributed by atoms with E-state index in [1.807, 2.05) is 0 Å². The SMILES string of the molecule is c1ccc(-c2ccc(N(c3ccc(-c4ccccc4)cc3)c3ccc4c(c3)-c3ccccc3C4(c3ccccc3)c3ccc(-c4ccccc4)cc3)cc2)cc1. The Morgan fingerprint density at radius 2 is 0.607 bits per heavy atom. The van der Waals surface area contributed by atoms with Crippen LogP contribution in [-0.2, 0) is 5.41 Å². The molecule has 1 atom stereocenters. The zero-order valence-corrected chi connectivity index (χ0v) is 31.0. The van der Waals surface area contributed by atoms with E-state index < -0.39 is 5.41 Å². The van der Waals surface area contributed by atoms with Gasteiger partial charge >= 0.3 is 0 Å². The molecule has 1 aliphatic rings. The summed E-state index contributed by atoms with van der Waals surface area (Å²) in [7, 11) is 0. The molecule has 0 radical (unpaired) electrons. The quantitative estimate of drug-likeness (QED) is 0.152. The number of benzene rings is 9. The average molecular weight is 714 g/mol. The van der Waals surface area contributed by atoms with Crippen molar-refractivity contribution >= 4 is 17.1 Å². The van der Waals surface area contributed by atoms with E-state index in [1.54, 1.807) is 0 Å². The predicted octanol–water partition coefficient (Wildman–Crippen LogP) is 14.5. The Bertz CT molecular complexity index is 2660. The van der Waals surface area contributed by atoms with Crippen LogP contribution in [0.1, 0.15) is 22.3 Å². The topological polar surface area (TPSA) is 3.24 Å². The summed E-state index contributed by atoms with van der Waals surface area (Å²) < 4.78 is 0. The standard InChI is InChI=1S/C55H39N/c1-5-15-40(16-6-1)43-25-31-47(32-26-43)55(46-21-11-4-12-22-46)53-24-14-13-23-51(53)52-39-50(37-38-54(52)55)56(48-33-27-44(28-34-48)41-17-7-2-8-18-41)49-35-29-45(30-36-49)42-19-9-3-10-20-42/h1-39H. The molecule has 0 spiro atoms. The summed E-state index contributed by atoms with van der Waals surface area (Å²) in [5.74, 6) is 0. The van der Waals surface area contributed by atoms with Crippen LogP contribution in [0.15, 0.2) is 237 Å². The van der Waals surface area contributed by atoms with Crippen LogP contribution in [0, 0.1) is 0 Å². The van der Waals surface area contributed by atoms with Gasteiger partial charge in [0.15, 0.2) is 0 Å². The van der Waals surface area contributed by atoms with Crippen LogP contribution >= 0.6 is 0 Å². The van der Waals surface area contributed by atoms with Crippen LogP contribution in [0.25, 0.3) is 44.5 Å². The highest BCUT2D eigenvalue weighted by Gasteiger charge is 2.46. The Kier molecular flexibility index (Phi) is 8.46. The normalized spacial score (nSPS) is 14.1. The zero-order chi connectivity index (χ0) is 37.3. The van der Waals surface area contributed by atoms with Crippen molar-refractivity contribution in [2.24, 2.45) is 0 Å². The van der Waals surface area contributed by atoms with Gasteiger partial charge < -0.3 is 4.90 Å². The lowest BCUT2D eigenvalue weighted by atomic mass is 9.67. The van der Waals surface area contributed by atoms with Gasteiger partial charge in [0.2, 0.25) is 0 Å². The van der Waals surface area contributed by atoms with Crippen molar-refractivity contribution in [3.8, 4) is 44.5 Å². The van der Waals surface area contributed by atoms with E-state index in [0.717, 1.165) is 17.1 Å². The largest absolute Gasteiger partial charge is 0.310 e. The van der Waals surface area contributed by atoms with Gasteiger partial charge in [-0.05, 0) is 103 Å². The second-order valence-electron chi connectivity index (χ2n) is 14.5. The van der Waals surface area contributed by atoms with E-state index >= 15 is 0 Å². The maximum atomic E-state index is 2.41. The first-order valence-electron chi connectivity index (χ1n) is 19.3. The third kappa shape index (κ3) is 5.73. The molecular formula is C55H39N. The molecule has 1 aliphatic carbocycles. The molecule has 0 heterocycles. The lowest BCUT2D eigenvalue weighted by molar-refractivity contribution is 0.768. The third-order valence-corrected chi connectivity index (χ3v) is 11.4. The lowest BCUT2D eigenvalue weighted by Gasteiger charge is -2.34. The van der Waals surface area contributed by atoms with Crippen molar-refractivity contribution in [3.05, 3.63) is 259 Å². The van der Waals surface area contributed by atoms with E-state index in [2.05, 4.69) is 241 Å². The summed E-state index contributed by atoms with van der Waals surface area (Å²) in [6.07, 6.45) is 0. The summed E-state index contributed by atoms with van der Waals surface area (Å²) in [5.41, 5.74) is 17.7. The molecule has 0 amide bonds. The highest BCUT2D eigenvalue weighted by molar-refractivity contribution is 5.90. The van der Waals surface area contributed by atoms with Crippen LogP contribution in [0.3, 0.4) is 0 Å². The third-order valence-electron chi connectivity index (χ3n) is 11.4. The van der Waals surface area contributed by atoms with Crippen molar-refractivity contribution in [1.29, 1.82) is 0 Å². The van der Waals surface area contributed by atoms with Crippen molar-refractivity contribution in [3.63, 3.8) is 0 Å². The first-order chi connectivity index (χ1) is 27.8. The highest BCUT2D eigenvalue weighted by atomic mass is 15.1. The Hall–Kier alpha value is -7.22. The van der Waals surface area contributed by atoms with E-state index in [0.29, 0.717) is 0 Å². The fourth-order valence-corrected chi connectivity index (χ4v) is 8.75. The van der Waals surface area contributed by atoms with Gasteiger partial charge in [-0.25, -0.2) is 0 Å². The van der Waals surface area contributed by atoms with Crippen LogP contribution in [0.2, 0.25) is 0 Å². The van der Waals surface area contributed by atoms with Crippen LogP contribution in [0.4, 0.5) is 17.1 Å². The number of rotatable bonds is 8. The lowest BCUT2D eigenvalue weighted by Crippen LogP contribution is -2.28. The zero-order valence-electron chi connectivity index (χ0n) is 31.0. The number of hydrogen-bond donors (Lipinski definition) is 0. The molecule has 9 aromatic rings. The summed E-state index contributed by atoms with van der Waals surface area (Å²) in [5, 5.41) is 0. The molecule has 1 nitrogen and oxygen atoms in total. The van der Waals surface area contributed by atoms with Crippen LogP contribution < -0.4 is 4.90 Å². The molecule has 10 rings (SSSR count). The molecule has 0 aromatic heterocycles. The smallest absolute Gasteiger partial charge is 0.0713 e. The van der Waals surface area contributed by atoms with E-state index in [1.165, 1.54) is 66.8 Å². The Labute approximate surface area is 329 Å². The highest BCUT2D eigenvalue weighted by Crippen LogP contribution is 2.57. The van der Waals surface area contributed by atoms with Gasteiger partial charge in [-0.15, -0.1) is 0 Å². The predicted molar refractivity (Wildman–Crippen MR) is 235 cm³/mol. The van der Waals surface area contributed by atoms with Crippen molar-refractivity contribution in [2.75, 3.05) is 4.90 Å². The second kappa shape index (κ2) is 14.2. The van der Waals surface area contributed by atoms with Gasteiger partial charge in [0.05, 0.1) is 5.41 Å². The van der Waals surface area contributed by atoms with Crippen LogP contribution in [0.5, 0.6) is 0 Å². The fraction of sp³-hybridized carbons (Fsp3) is 0.0182. The minimum Gasteiger partial charge on any atom is -0.310 e. The molecule has 1 heteroatoms. The molecule has 0 saturated heterocycles. The molecule has 56 heavy (non-hydrogen) atoms. The van der Waals surface area contributed by atoms with Crippen molar-refractivity contribution < 1.29 is 0 Å². The molecule has 0 bridgehead atoms. The van der Waals surface area contributed by atoms with E-state index in [4.69, 9.17) is 0 Å². The first-order valence-corrected chi connectivity index (χ1v) is 19.3. The summed E-state index contributed by atoms with van der Waals surface area (Å²) in [6, 6.07) is 86.1. The first kappa shape index (κ1) is 33.4. The fourth-order valence-electron chi connectivity index (χ4n) is 8.75. The molecule has 264 valence electrons. The molecular weight excluding hydrogens is 675 g/mol. The van der Waals surface area contributed by atoms with Gasteiger partial charge in [0.1, 0.15) is 0 Å². The minimum atomic E-state index is -0.486. The molecule has 0 saturated carbocycles. The van der Waals surface area contributed by atoms with Crippen LogP contribution in [-0.4, -0.2) is 0 Å². The number of hydrogen-bond acceptors (Lipinski definition) is 1. The Morgan fingerprint density at radius 1 is 0.250 bits per heavy atom.